The first-order valence-corrected chi connectivity index (χ1v) is 8.68. The van der Waals surface area contributed by atoms with Crippen molar-refractivity contribution in [2.75, 3.05) is 20.1 Å². The summed E-state index contributed by atoms with van der Waals surface area (Å²) >= 11 is 0. The number of likely N-dealkylation sites (tertiary alicyclic amines) is 1. The number of rotatable bonds is 6. The molecule has 2 nitrogen and oxygen atoms in total. The van der Waals surface area contributed by atoms with Crippen molar-refractivity contribution < 1.29 is 0 Å². The third-order valence-electron chi connectivity index (χ3n) is 6.02. The largest absolute Gasteiger partial charge is 0.315 e. The Balaban J connectivity index is 1.76. The standard InChI is InChI=1S/C19H30N2/c1-4-19(2,21-12-8-9-13-21)18(20-3)17-14-16(17)15-10-6-5-7-11-15/h5-7,10-11,16-18,20H,4,8-9,12-14H2,1-3H3. The molecule has 1 aliphatic carbocycles. The van der Waals surface area contributed by atoms with E-state index in [0.29, 0.717) is 11.6 Å². The molecule has 1 saturated heterocycles. The van der Waals surface area contributed by atoms with E-state index in [2.05, 4.69) is 61.4 Å². The summed E-state index contributed by atoms with van der Waals surface area (Å²) < 4.78 is 0. The van der Waals surface area contributed by atoms with Crippen LogP contribution in [0.3, 0.4) is 0 Å². The second-order valence-corrected chi connectivity index (χ2v) is 7.09. The Bertz CT molecular complexity index is 452. The number of nitrogens with zero attached hydrogens (tertiary/aromatic N) is 1. The van der Waals surface area contributed by atoms with Gasteiger partial charge in [0.15, 0.2) is 0 Å². The topological polar surface area (TPSA) is 15.3 Å². The first-order valence-electron chi connectivity index (χ1n) is 8.68. The second-order valence-electron chi connectivity index (χ2n) is 7.09. The zero-order valence-electron chi connectivity index (χ0n) is 13.8. The fraction of sp³-hybridized carbons (Fsp3) is 0.684. The molecular formula is C19H30N2. The Morgan fingerprint density at radius 1 is 1.24 bits per heavy atom. The third-order valence-corrected chi connectivity index (χ3v) is 6.02. The average molecular weight is 286 g/mol. The zero-order valence-corrected chi connectivity index (χ0v) is 13.8. The lowest BCUT2D eigenvalue weighted by atomic mass is 9.83. The molecular weight excluding hydrogens is 256 g/mol. The van der Waals surface area contributed by atoms with Crippen LogP contribution in [-0.2, 0) is 0 Å². The van der Waals surface area contributed by atoms with E-state index in [1.165, 1.54) is 44.3 Å². The average Bonchev–Trinajstić information content (AvgIpc) is 3.10. The Kier molecular flexibility index (Phi) is 4.37. The Hall–Kier alpha value is -0.860. The summed E-state index contributed by atoms with van der Waals surface area (Å²) in [6.45, 7) is 7.42. The van der Waals surface area contributed by atoms with Crippen molar-refractivity contribution in [3.8, 4) is 0 Å². The van der Waals surface area contributed by atoms with Gasteiger partial charge in [0.1, 0.15) is 0 Å². The lowest BCUT2D eigenvalue weighted by Gasteiger charge is -2.45. The molecule has 1 aromatic carbocycles. The molecule has 1 aliphatic heterocycles. The minimum atomic E-state index is 0.305. The van der Waals surface area contributed by atoms with Gasteiger partial charge in [-0.3, -0.25) is 4.90 Å². The van der Waals surface area contributed by atoms with Crippen molar-refractivity contribution in [3.05, 3.63) is 35.9 Å². The van der Waals surface area contributed by atoms with Crippen LogP contribution in [0.15, 0.2) is 30.3 Å². The molecule has 2 aliphatic rings. The lowest BCUT2D eigenvalue weighted by Crippen LogP contribution is -2.59. The minimum Gasteiger partial charge on any atom is -0.315 e. The predicted octanol–water partition coefficient (Wildman–Crippen LogP) is 3.64. The molecule has 0 spiro atoms. The molecule has 0 aromatic heterocycles. The molecule has 3 rings (SSSR count). The molecule has 0 amide bonds. The summed E-state index contributed by atoms with van der Waals surface area (Å²) in [6, 6.07) is 11.7. The van der Waals surface area contributed by atoms with Crippen LogP contribution < -0.4 is 5.32 Å². The van der Waals surface area contributed by atoms with Crippen molar-refractivity contribution in [1.82, 2.24) is 10.2 Å². The van der Waals surface area contributed by atoms with Gasteiger partial charge in [-0.1, -0.05) is 37.3 Å². The van der Waals surface area contributed by atoms with Crippen LogP contribution >= 0.6 is 0 Å². The number of hydrogen-bond donors (Lipinski definition) is 1. The molecule has 1 heterocycles. The fourth-order valence-electron chi connectivity index (χ4n) is 4.52. The van der Waals surface area contributed by atoms with Crippen LogP contribution in [0.25, 0.3) is 0 Å². The number of likely N-dealkylation sites (N-methyl/N-ethyl adjacent to an activating group) is 1. The van der Waals surface area contributed by atoms with Gasteiger partial charge >= 0.3 is 0 Å². The highest BCUT2D eigenvalue weighted by atomic mass is 15.2. The highest BCUT2D eigenvalue weighted by Crippen LogP contribution is 2.52. The van der Waals surface area contributed by atoms with E-state index >= 15 is 0 Å². The van der Waals surface area contributed by atoms with Gasteiger partial charge in [0.25, 0.3) is 0 Å². The summed E-state index contributed by atoms with van der Waals surface area (Å²) in [5.74, 6) is 1.56. The summed E-state index contributed by atoms with van der Waals surface area (Å²) in [4.78, 5) is 2.74. The lowest BCUT2D eigenvalue weighted by molar-refractivity contribution is 0.0773. The van der Waals surface area contributed by atoms with Gasteiger partial charge < -0.3 is 5.32 Å². The Morgan fingerprint density at radius 2 is 1.90 bits per heavy atom. The normalized spacial score (nSPS) is 30.0. The van der Waals surface area contributed by atoms with E-state index in [4.69, 9.17) is 0 Å². The molecule has 1 N–H and O–H groups in total. The van der Waals surface area contributed by atoms with Crippen LogP contribution in [0.4, 0.5) is 0 Å². The summed E-state index contributed by atoms with van der Waals surface area (Å²) in [6.07, 6.45) is 5.33. The maximum Gasteiger partial charge on any atom is 0.0334 e. The van der Waals surface area contributed by atoms with Gasteiger partial charge in [-0.2, -0.15) is 0 Å². The first-order chi connectivity index (χ1) is 10.2. The smallest absolute Gasteiger partial charge is 0.0334 e. The van der Waals surface area contributed by atoms with Crippen LogP contribution in [0.2, 0.25) is 0 Å². The highest BCUT2D eigenvalue weighted by molar-refractivity contribution is 5.28. The van der Waals surface area contributed by atoms with Gasteiger partial charge in [0.05, 0.1) is 0 Å². The predicted molar refractivity (Wildman–Crippen MR) is 89.6 cm³/mol. The molecule has 4 atom stereocenters. The van der Waals surface area contributed by atoms with Gasteiger partial charge in [-0.05, 0) is 70.1 Å². The first kappa shape index (κ1) is 15.1. The molecule has 4 unspecified atom stereocenters. The summed E-state index contributed by atoms with van der Waals surface area (Å²) in [5, 5.41) is 3.69. The number of hydrogen-bond acceptors (Lipinski definition) is 2. The monoisotopic (exact) mass is 286 g/mol. The van der Waals surface area contributed by atoms with Crippen LogP contribution in [0.1, 0.15) is 51.0 Å². The van der Waals surface area contributed by atoms with Crippen molar-refractivity contribution in [1.29, 1.82) is 0 Å². The van der Waals surface area contributed by atoms with Crippen LogP contribution in [0, 0.1) is 5.92 Å². The molecule has 2 heteroatoms. The number of benzene rings is 1. The highest BCUT2D eigenvalue weighted by Gasteiger charge is 2.51. The summed E-state index contributed by atoms with van der Waals surface area (Å²) in [5.41, 5.74) is 1.84. The van der Waals surface area contributed by atoms with Gasteiger partial charge in [-0.15, -0.1) is 0 Å². The van der Waals surface area contributed by atoms with Crippen molar-refractivity contribution in [2.45, 2.75) is 57.0 Å². The van der Waals surface area contributed by atoms with Crippen LogP contribution in [-0.4, -0.2) is 36.6 Å². The van der Waals surface area contributed by atoms with E-state index in [9.17, 15) is 0 Å². The molecule has 1 saturated carbocycles. The van der Waals surface area contributed by atoms with Crippen molar-refractivity contribution in [3.63, 3.8) is 0 Å². The van der Waals surface area contributed by atoms with E-state index in [-0.39, 0.29) is 0 Å². The van der Waals surface area contributed by atoms with Crippen molar-refractivity contribution >= 4 is 0 Å². The van der Waals surface area contributed by atoms with Gasteiger partial charge in [0.2, 0.25) is 0 Å². The van der Waals surface area contributed by atoms with Crippen molar-refractivity contribution in [2.24, 2.45) is 5.92 Å². The number of nitrogens with one attached hydrogen (secondary N) is 1. The quantitative estimate of drug-likeness (QED) is 0.859. The van der Waals surface area contributed by atoms with E-state index in [1.807, 2.05) is 0 Å². The zero-order chi connectivity index (χ0) is 14.9. The minimum absolute atomic E-state index is 0.305. The van der Waals surface area contributed by atoms with Crippen LogP contribution in [0.5, 0.6) is 0 Å². The maximum atomic E-state index is 3.69. The summed E-state index contributed by atoms with van der Waals surface area (Å²) in [7, 11) is 2.16. The molecule has 2 fully saturated rings. The third kappa shape index (κ3) is 2.76. The molecule has 0 radical (unpaired) electrons. The molecule has 116 valence electrons. The Morgan fingerprint density at radius 3 is 2.48 bits per heavy atom. The van der Waals surface area contributed by atoms with E-state index < -0.39 is 0 Å². The van der Waals surface area contributed by atoms with Gasteiger partial charge in [-0.25, -0.2) is 0 Å². The molecule has 1 aromatic rings. The Labute approximate surface area is 129 Å². The molecule has 0 bridgehead atoms. The second kappa shape index (κ2) is 6.10. The molecule has 21 heavy (non-hydrogen) atoms. The fourth-order valence-corrected chi connectivity index (χ4v) is 4.52. The maximum absolute atomic E-state index is 3.69. The van der Waals surface area contributed by atoms with Gasteiger partial charge in [0, 0.05) is 11.6 Å². The van der Waals surface area contributed by atoms with E-state index in [0.717, 1.165) is 11.8 Å². The van der Waals surface area contributed by atoms with E-state index in [1.54, 1.807) is 0 Å². The SMILES string of the molecule is CCC(C)(C(NC)C1CC1c1ccccc1)N1CCCC1.